The predicted molar refractivity (Wildman–Crippen MR) is 157 cm³/mol. The average Bonchev–Trinajstić information content (AvgIpc) is 2.89. The summed E-state index contributed by atoms with van der Waals surface area (Å²) in [4.78, 5) is 29.0. The van der Waals surface area contributed by atoms with Gasteiger partial charge in [0.25, 0.3) is 0 Å². The fraction of sp³-hybridized carbons (Fsp3) is 0.355. The molecule has 0 aromatic heterocycles. The number of amides is 2. The van der Waals surface area contributed by atoms with E-state index in [0.29, 0.717) is 12.1 Å². The zero-order valence-electron chi connectivity index (χ0n) is 23.7. The normalized spacial score (nSPS) is 12.8. The zero-order valence-corrected chi connectivity index (χ0v) is 24.5. The van der Waals surface area contributed by atoms with Crippen LogP contribution in [0.25, 0.3) is 0 Å². The molecule has 2 amide bonds. The van der Waals surface area contributed by atoms with Crippen LogP contribution in [0.2, 0.25) is 0 Å². The van der Waals surface area contributed by atoms with Crippen molar-refractivity contribution in [2.75, 3.05) is 17.1 Å². The molecule has 7 nitrogen and oxygen atoms in total. The number of aryl methyl sites for hydroxylation is 2. The molecule has 0 aliphatic rings. The van der Waals surface area contributed by atoms with Crippen molar-refractivity contribution in [2.45, 2.75) is 59.2 Å². The molecule has 0 saturated heterocycles. The minimum absolute atomic E-state index is 0.154. The maximum absolute atomic E-state index is 14.8. The van der Waals surface area contributed by atoms with Gasteiger partial charge in [0.05, 0.1) is 11.9 Å². The molecule has 0 fully saturated rings. The van der Waals surface area contributed by atoms with Gasteiger partial charge in [-0.1, -0.05) is 61.5 Å². The molecule has 214 valence electrons. The molecule has 2 atom stereocenters. The number of sulfonamides is 1. The van der Waals surface area contributed by atoms with E-state index in [1.807, 2.05) is 64.1 Å². The summed E-state index contributed by atoms with van der Waals surface area (Å²) in [6.45, 7) is 6.75. The Morgan fingerprint density at radius 3 is 2.12 bits per heavy atom. The second-order valence-corrected chi connectivity index (χ2v) is 12.2. The first-order valence-corrected chi connectivity index (χ1v) is 15.2. The van der Waals surface area contributed by atoms with E-state index in [1.54, 1.807) is 30.3 Å². The van der Waals surface area contributed by atoms with Crippen LogP contribution in [0.4, 0.5) is 10.1 Å². The van der Waals surface area contributed by atoms with Crippen LogP contribution >= 0.6 is 0 Å². The van der Waals surface area contributed by atoms with Gasteiger partial charge in [0.2, 0.25) is 21.8 Å². The number of anilines is 1. The third-order valence-electron chi connectivity index (χ3n) is 6.74. The van der Waals surface area contributed by atoms with E-state index in [1.165, 1.54) is 11.0 Å². The van der Waals surface area contributed by atoms with Gasteiger partial charge >= 0.3 is 0 Å². The number of benzene rings is 3. The summed E-state index contributed by atoms with van der Waals surface area (Å²) in [5.41, 5.74) is 3.07. The number of carbonyl (C=O) groups is 2. The lowest BCUT2D eigenvalue weighted by Crippen LogP contribution is -2.54. The monoisotopic (exact) mass is 567 g/mol. The second-order valence-electron chi connectivity index (χ2n) is 10.3. The topological polar surface area (TPSA) is 86.8 Å². The summed E-state index contributed by atoms with van der Waals surface area (Å²) >= 11 is 0. The van der Waals surface area contributed by atoms with Gasteiger partial charge in [-0.2, -0.15) is 0 Å². The Morgan fingerprint density at radius 2 is 1.55 bits per heavy atom. The van der Waals surface area contributed by atoms with Gasteiger partial charge in [0.1, 0.15) is 18.4 Å². The molecule has 0 radical (unpaired) electrons. The summed E-state index contributed by atoms with van der Waals surface area (Å²) in [6.07, 6.45) is 1.89. The van der Waals surface area contributed by atoms with Crippen LogP contribution in [0.5, 0.6) is 0 Å². The van der Waals surface area contributed by atoms with E-state index < -0.39 is 34.3 Å². The number of hydrogen-bond donors (Lipinski definition) is 1. The Labute approximate surface area is 237 Å². The Morgan fingerprint density at radius 1 is 0.950 bits per heavy atom. The lowest BCUT2D eigenvalue weighted by Gasteiger charge is -2.34. The van der Waals surface area contributed by atoms with E-state index in [4.69, 9.17) is 0 Å². The molecule has 0 heterocycles. The SMILES string of the molecule is CC[C@@H](C)NC(=O)[C@H](Cc1ccccc1)N(Cc1ccccc1F)C(=O)CN(c1cc(C)cc(C)c1)S(C)(=O)=O. The molecule has 0 aliphatic heterocycles. The molecule has 0 aliphatic carbocycles. The summed E-state index contributed by atoms with van der Waals surface area (Å²) in [5, 5.41) is 2.96. The van der Waals surface area contributed by atoms with Gasteiger partial charge in [-0.05, 0) is 62.1 Å². The quantitative estimate of drug-likeness (QED) is 0.342. The molecule has 0 unspecified atom stereocenters. The van der Waals surface area contributed by atoms with Crippen LogP contribution < -0.4 is 9.62 Å². The highest BCUT2D eigenvalue weighted by Crippen LogP contribution is 2.23. The Kier molecular flexibility index (Phi) is 10.5. The van der Waals surface area contributed by atoms with Gasteiger partial charge in [-0.25, -0.2) is 12.8 Å². The van der Waals surface area contributed by atoms with Crippen LogP contribution in [0.1, 0.15) is 42.5 Å². The highest BCUT2D eigenvalue weighted by Gasteiger charge is 2.34. The molecule has 0 spiro atoms. The maximum atomic E-state index is 14.8. The number of rotatable bonds is 12. The van der Waals surface area contributed by atoms with Gasteiger partial charge < -0.3 is 10.2 Å². The number of nitrogens with zero attached hydrogens (tertiary/aromatic N) is 2. The molecule has 1 N–H and O–H groups in total. The molecule has 40 heavy (non-hydrogen) atoms. The average molecular weight is 568 g/mol. The minimum Gasteiger partial charge on any atom is -0.352 e. The lowest BCUT2D eigenvalue weighted by molar-refractivity contribution is -0.140. The summed E-state index contributed by atoms with van der Waals surface area (Å²) < 4.78 is 41.7. The van der Waals surface area contributed by atoms with E-state index >= 15 is 0 Å². The van der Waals surface area contributed by atoms with E-state index in [-0.39, 0.29) is 30.5 Å². The first-order valence-electron chi connectivity index (χ1n) is 13.3. The van der Waals surface area contributed by atoms with Gasteiger partial charge in [-0.15, -0.1) is 0 Å². The Bertz CT molecular complexity index is 1410. The molecule has 0 bridgehead atoms. The molecule has 3 rings (SSSR count). The summed E-state index contributed by atoms with van der Waals surface area (Å²) in [5.74, 6) is -1.52. The van der Waals surface area contributed by atoms with Crippen molar-refractivity contribution in [2.24, 2.45) is 0 Å². The van der Waals surface area contributed by atoms with Crippen LogP contribution in [-0.4, -0.2) is 50.0 Å². The molecular weight excluding hydrogens is 529 g/mol. The van der Waals surface area contributed by atoms with Crippen molar-refractivity contribution in [3.8, 4) is 0 Å². The van der Waals surface area contributed by atoms with E-state index in [0.717, 1.165) is 27.3 Å². The molecule has 3 aromatic rings. The minimum atomic E-state index is -3.88. The summed E-state index contributed by atoms with van der Waals surface area (Å²) in [7, 11) is -3.88. The third-order valence-corrected chi connectivity index (χ3v) is 7.88. The molecule has 9 heteroatoms. The highest BCUT2D eigenvalue weighted by molar-refractivity contribution is 7.92. The zero-order chi connectivity index (χ0) is 29.4. The van der Waals surface area contributed by atoms with Gasteiger partial charge in [-0.3, -0.25) is 13.9 Å². The van der Waals surface area contributed by atoms with Crippen molar-refractivity contribution in [1.29, 1.82) is 0 Å². The Hall–Kier alpha value is -3.72. The Balaban J connectivity index is 2.09. The molecular formula is C31H38FN3O4S. The van der Waals surface area contributed by atoms with Crippen molar-refractivity contribution in [3.63, 3.8) is 0 Å². The first-order chi connectivity index (χ1) is 18.9. The standard InChI is InChI=1S/C31H38FN3O4S/c1-6-24(4)33-31(37)29(19-25-12-8-7-9-13-25)34(20-26-14-10-11-15-28(26)32)30(36)21-35(40(5,38)39)27-17-22(2)16-23(3)18-27/h7-18,24,29H,6,19-21H2,1-5H3,(H,33,37)/t24-,29+/m1/s1. The fourth-order valence-corrected chi connectivity index (χ4v) is 5.35. The van der Waals surface area contributed by atoms with Crippen molar-refractivity contribution in [1.82, 2.24) is 10.2 Å². The second kappa shape index (κ2) is 13.6. The third kappa shape index (κ3) is 8.39. The van der Waals surface area contributed by atoms with Crippen LogP contribution in [-0.2, 0) is 32.6 Å². The lowest BCUT2D eigenvalue weighted by atomic mass is 10.0. The fourth-order valence-electron chi connectivity index (χ4n) is 4.51. The van der Waals surface area contributed by atoms with E-state index in [9.17, 15) is 22.4 Å². The predicted octanol–water partition coefficient (Wildman–Crippen LogP) is 4.76. The van der Waals surface area contributed by atoms with Crippen molar-refractivity contribution < 1.29 is 22.4 Å². The first kappa shape index (κ1) is 30.8. The van der Waals surface area contributed by atoms with Crippen LogP contribution in [0, 0.1) is 19.7 Å². The van der Waals surface area contributed by atoms with Crippen molar-refractivity contribution in [3.05, 3.63) is 101 Å². The van der Waals surface area contributed by atoms with Crippen LogP contribution in [0.3, 0.4) is 0 Å². The van der Waals surface area contributed by atoms with Crippen LogP contribution in [0.15, 0.2) is 72.8 Å². The maximum Gasteiger partial charge on any atom is 0.244 e. The van der Waals surface area contributed by atoms with Gasteiger partial charge in [0.15, 0.2) is 0 Å². The van der Waals surface area contributed by atoms with Gasteiger partial charge in [0, 0.05) is 24.6 Å². The van der Waals surface area contributed by atoms with Crippen molar-refractivity contribution >= 4 is 27.5 Å². The number of halogens is 1. The number of nitrogens with one attached hydrogen (secondary N) is 1. The highest BCUT2D eigenvalue weighted by atomic mass is 32.2. The smallest absolute Gasteiger partial charge is 0.244 e. The number of hydrogen-bond acceptors (Lipinski definition) is 4. The molecule has 3 aromatic carbocycles. The summed E-state index contributed by atoms with van der Waals surface area (Å²) in [6, 6.07) is 19.4. The largest absolute Gasteiger partial charge is 0.352 e. The van der Waals surface area contributed by atoms with E-state index in [2.05, 4.69) is 5.32 Å². The number of carbonyl (C=O) groups excluding carboxylic acids is 2. The molecule has 0 saturated carbocycles.